The Morgan fingerprint density at radius 3 is 2.42 bits per heavy atom. The second kappa shape index (κ2) is 4.63. The molecule has 5 nitrogen and oxygen atoms in total. The molecule has 1 amide bonds. The van der Waals surface area contributed by atoms with Crippen LogP contribution in [0, 0.1) is 0 Å². The fraction of sp³-hybridized carbons (Fsp3) is 0.714. The van der Waals surface area contributed by atoms with Gasteiger partial charge in [-0.2, -0.15) is 5.10 Å². The van der Waals surface area contributed by atoms with Gasteiger partial charge in [0.05, 0.1) is 18.1 Å². The van der Waals surface area contributed by atoms with E-state index in [0.29, 0.717) is 5.69 Å². The third-order valence-electron chi connectivity index (χ3n) is 4.62. The molecule has 1 aromatic rings. The van der Waals surface area contributed by atoms with Crippen LogP contribution in [0.25, 0.3) is 0 Å². The van der Waals surface area contributed by atoms with Crippen LogP contribution in [0.15, 0.2) is 12.3 Å². The van der Waals surface area contributed by atoms with Crippen molar-refractivity contribution in [3.05, 3.63) is 18.0 Å². The first-order chi connectivity index (χ1) is 8.72. The minimum absolute atomic E-state index is 0.0614. The standard InChI is InChI=1S/C14H24N4O/c1-13(2)8-10(9-14(3,4)18(13)5)16-12(19)11-6-7-15-17-11/h6-7,10H,8-9H2,1-5H3,(H,15,17)(H,16,19)/p+1. The van der Waals surface area contributed by atoms with Crippen LogP contribution in [-0.4, -0.2) is 40.3 Å². The number of hydrogen-bond acceptors (Lipinski definition) is 2. The van der Waals surface area contributed by atoms with Gasteiger partial charge in [0.25, 0.3) is 5.91 Å². The number of aromatic amines is 1. The van der Waals surface area contributed by atoms with E-state index >= 15 is 0 Å². The fourth-order valence-electron chi connectivity index (χ4n) is 3.27. The number of carbonyl (C=O) groups is 1. The van der Waals surface area contributed by atoms with E-state index in [-0.39, 0.29) is 23.0 Å². The smallest absolute Gasteiger partial charge is 0.269 e. The highest BCUT2D eigenvalue weighted by Gasteiger charge is 2.47. The Morgan fingerprint density at radius 2 is 1.95 bits per heavy atom. The number of aromatic nitrogens is 2. The summed E-state index contributed by atoms with van der Waals surface area (Å²) in [6.45, 7) is 9.05. The van der Waals surface area contributed by atoms with E-state index in [1.54, 1.807) is 12.3 Å². The maximum absolute atomic E-state index is 12.1. The fourth-order valence-corrected chi connectivity index (χ4v) is 3.27. The zero-order valence-corrected chi connectivity index (χ0v) is 12.5. The number of carbonyl (C=O) groups excluding carboxylic acids is 1. The second-order valence-electron chi connectivity index (χ2n) is 6.94. The Labute approximate surface area is 114 Å². The summed E-state index contributed by atoms with van der Waals surface area (Å²) in [5.74, 6) is -0.0614. The molecule has 1 aliphatic heterocycles. The number of nitrogens with one attached hydrogen (secondary N) is 3. The Bertz CT molecular complexity index is 432. The van der Waals surface area contributed by atoms with Gasteiger partial charge in [0.1, 0.15) is 5.69 Å². The monoisotopic (exact) mass is 265 g/mol. The van der Waals surface area contributed by atoms with Gasteiger partial charge >= 0.3 is 0 Å². The third kappa shape index (κ3) is 2.81. The summed E-state index contributed by atoms with van der Waals surface area (Å²) >= 11 is 0. The lowest BCUT2D eigenvalue weighted by molar-refractivity contribution is -0.982. The molecule has 0 radical (unpaired) electrons. The molecule has 1 aliphatic rings. The summed E-state index contributed by atoms with van der Waals surface area (Å²) in [6.07, 6.45) is 3.58. The Kier molecular flexibility index (Phi) is 3.43. The predicted octanol–water partition coefficient (Wildman–Crippen LogP) is 0.374. The van der Waals surface area contributed by atoms with Gasteiger partial charge in [-0.25, -0.2) is 0 Å². The maximum Gasteiger partial charge on any atom is 0.269 e. The van der Waals surface area contributed by atoms with Gasteiger partial charge < -0.3 is 10.2 Å². The molecule has 1 fully saturated rings. The van der Waals surface area contributed by atoms with E-state index in [1.165, 1.54) is 4.90 Å². The second-order valence-corrected chi connectivity index (χ2v) is 6.94. The largest absolute Gasteiger partial charge is 0.347 e. The molecule has 106 valence electrons. The summed E-state index contributed by atoms with van der Waals surface area (Å²) in [4.78, 5) is 13.6. The first kappa shape index (κ1) is 14.1. The minimum Gasteiger partial charge on any atom is -0.347 e. The average Bonchev–Trinajstić information content (AvgIpc) is 2.78. The van der Waals surface area contributed by atoms with Crippen LogP contribution in [0.3, 0.4) is 0 Å². The summed E-state index contributed by atoms with van der Waals surface area (Å²) in [5.41, 5.74) is 0.850. The van der Waals surface area contributed by atoms with E-state index < -0.39 is 0 Å². The van der Waals surface area contributed by atoms with Crippen molar-refractivity contribution in [2.24, 2.45) is 0 Å². The molecule has 0 unspecified atom stereocenters. The van der Waals surface area contributed by atoms with Crippen LogP contribution < -0.4 is 10.2 Å². The number of hydrogen-bond donors (Lipinski definition) is 3. The molecule has 0 saturated carbocycles. The van der Waals surface area contributed by atoms with Crippen LogP contribution in [0.1, 0.15) is 51.0 Å². The molecule has 5 heteroatoms. The van der Waals surface area contributed by atoms with Crippen molar-refractivity contribution in [1.29, 1.82) is 0 Å². The van der Waals surface area contributed by atoms with Crippen LogP contribution >= 0.6 is 0 Å². The first-order valence-corrected chi connectivity index (χ1v) is 6.87. The van der Waals surface area contributed by atoms with Crippen LogP contribution in [0.4, 0.5) is 0 Å². The lowest BCUT2D eigenvalue weighted by atomic mass is 9.77. The van der Waals surface area contributed by atoms with Gasteiger partial charge in [-0.1, -0.05) is 0 Å². The highest BCUT2D eigenvalue weighted by atomic mass is 16.2. The zero-order chi connectivity index (χ0) is 14.3. The van der Waals surface area contributed by atoms with Gasteiger partial charge in [-0.15, -0.1) is 0 Å². The van der Waals surface area contributed by atoms with Crippen molar-refractivity contribution in [2.75, 3.05) is 7.05 Å². The molecule has 0 bridgehead atoms. The van der Waals surface area contributed by atoms with Crippen LogP contribution in [0.2, 0.25) is 0 Å². The maximum atomic E-state index is 12.1. The molecule has 0 aromatic carbocycles. The predicted molar refractivity (Wildman–Crippen MR) is 74.1 cm³/mol. The minimum atomic E-state index is -0.0614. The highest BCUT2D eigenvalue weighted by molar-refractivity contribution is 5.92. The molecule has 0 spiro atoms. The van der Waals surface area contributed by atoms with E-state index in [2.05, 4.69) is 50.3 Å². The molecule has 3 N–H and O–H groups in total. The van der Waals surface area contributed by atoms with Gasteiger partial charge in [0.15, 0.2) is 0 Å². The van der Waals surface area contributed by atoms with E-state index in [9.17, 15) is 4.79 Å². The number of amides is 1. The summed E-state index contributed by atoms with van der Waals surface area (Å²) < 4.78 is 0. The van der Waals surface area contributed by atoms with Crippen molar-refractivity contribution in [1.82, 2.24) is 15.5 Å². The third-order valence-corrected chi connectivity index (χ3v) is 4.62. The van der Waals surface area contributed by atoms with Gasteiger partial charge in [-0.05, 0) is 33.8 Å². The molecule has 1 aromatic heterocycles. The van der Waals surface area contributed by atoms with Crippen molar-refractivity contribution in [3.8, 4) is 0 Å². The number of nitrogens with zero attached hydrogens (tertiary/aromatic N) is 1. The normalized spacial score (nSPS) is 28.9. The number of H-pyrrole nitrogens is 1. The Morgan fingerprint density at radius 1 is 1.37 bits per heavy atom. The lowest BCUT2D eigenvalue weighted by Crippen LogP contribution is -3.24. The lowest BCUT2D eigenvalue weighted by Gasteiger charge is -2.50. The van der Waals surface area contributed by atoms with E-state index in [1.807, 2.05) is 0 Å². The van der Waals surface area contributed by atoms with Crippen molar-refractivity contribution < 1.29 is 9.69 Å². The molecule has 1 saturated heterocycles. The summed E-state index contributed by atoms with van der Waals surface area (Å²) in [6, 6.07) is 1.91. The zero-order valence-electron chi connectivity index (χ0n) is 12.5. The molecule has 0 aliphatic carbocycles. The highest BCUT2D eigenvalue weighted by Crippen LogP contribution is 2.23. The molecular weight excluding hydrogens is 240 g/mol. The average molecular weight is 265 g/mol. The van der Waals surface area contributed by atoms with Gasteiger partial charge in [0, 0.05) is 25.1 Å². The van der Waals surface area contributed by atoms with Crippen LogP contribution in [-0.2, 0) is 0 Å². The number of rotatable bonds is 2. The van der Waals surface area contributed by atoms with Crippen molar-refractivity contribution >= 4 is 5.91 Å². The van der Waals surface area contributed by atoms with Crippen molar-refractivity contribution in [3.63, 3.8) is 0 Å². The van der Waals surface area contributed by atoms with E-state index in [0.717, 1.165) is 12.8 Å². The number of quaternary nitrogens is 1. The van der Waals surface area contributed by atoms with E-state index in [4.69, 9.17) is 0 Å². The Balaban J connectivity index is 2.08. The molecule has 2 heterocycles. The molecule has 0 atom stereocenters. The van der Waals surface area contributed by atoms with Gasteiger partial charge in [-0.3, -0.25) is 9.89 Å². The quantitative estimate of drug-likeness (QED) is 0.723. The molecule has 2 rings (SSSR count). The summed E-state index contributed by atoms with van der Waals surface area (Å²) in [7, 11) is 2.24. The number of likely N-dealkylation sites (tertiary alicyclic amines) is 1. The Hall–Kier alpha value is -1.36. The van der Waals surface area contributed by atoms with Gasteiger partial charge in [0.2, 0.25) is 0 Å². The molecular formula is C14H25N4O+. The first-order valence-electron chi connectivity index (χ1n) is 6.87. The molecule has 19 heavy (non-hydrogen) atoms. The van der Waals surface area contributed by atoms with Crippen LogP contribution in [0.5, 0.6) is 0 Å². The van der Waals surface area contributed by atoms with Crippen molar-refractivity contribution in [2.45, 2.75) is 57.7 Å². The topological polar surface area (TPSA) is 62.2 Å². The summed E-state index contributed by atoms with van der Waals surface area (Å²) in [5, 5.41) is 9.65. The number of piperidine rings is 1. The SMILES string of the molecule is C[NH+]1C(C)(C)CC(NC(=O)c2ccn[nH]2)CC1(C)C.